The molecule has 1 fully saturated rings. The number of rotatable bonds is 7. The van der Waals surface area contributed by atoms with Crippen LogP contribution in [0.4, 0.5) is 0 Å². The number of benzene rings is 2. The number of methoxy groups -OCH3 is 3. The molecule has 0 saturated carbocycles. The average molecular weight is 398 g/mol. The molecule has 1 saturated heterocycles. The molecule has 2 amide bonds. The number of likely N-dealkylation sites (tertiary alicyclic amines) is 1. The van der Waals surface area contributed by atoms with Gasteiger partial charge >= 0.3 is 0 Å². The fourth-order valence-electron chi connectivity index (χ4n) is 3.47. The lowest BCUT2D eigenvalue weighted by molar-refractivity contribution is 0.0792. The molecule has 0 atom stereocenters. The van der Waals surface area contributed by atoms with E-state index >= 15 is 0 Å². The molecule has 0 aliphatic carbocycles. The largest absolute Gasteiger partial charge is 0.493 e. The van der Waals surface area contributed by atoms with Gasteiger partial charge in [-0.25, -0.2) is 0 Å². The molecule has 1 heterocycles. The van der Waals surface area contributed by atoms with Crippen molar-refractivity contribution in [3.05, 3.63) is 53.1 Å². The molecule has 0 spiro atoms. The fraction of sp³-hybridized carbons (Fsp3) is 0.364. The Bertz CT molecular complexity index is 891. The van der Waals surface area contributed by atoms with E-state index in [9.17, 15) is 9.59 Å². The molecule has 1 aliphatic rings. The van der Waals surface area contributed by atoms with E-state index in [4.69, 9.17) is 14.2 Å². The second-order valence-corrected chi connectivity index (χ2v) is 6.76. The van der Waals surface area contributed by atoms with Crippen molar-refractivity contribution in [3.63, 3.8) is 0 Å². The lowest BCUT2D eigenvalue weighted by atomic mass is 10.1. The standard InChI is InChI=1S/C22H26N2O5/c1-27-18-10-9-17(19(28-2)20(18)29-3)21(25)23-14-15-7-6-8-16(13-15)22(26)24-11-4-5-12-24/h6-10,13H,4-5,11-12,14H2,1-3H3,(H,23,25). The lowest BCUT2D eigenvalue weighted by Crippen LogP contribution is -2.28. The lowest BCUT2D eigenvalue weighted by Gasteiger charge is -2.16. The van der Waals surface area contributed by atoms with Crippen molar-refractivity contribution < 1.29 is 23.8 Å². The average Bonchev–Trinajstić information content (AvgIpc) is 3.30. The van der Waals surface area contributed by atoms with Gasteiger partial charge in [0, 0.05) is 25.2 Å². The zero-order valence-electron chi connectivity index (χ0n) is 17.0. The summed E-state index contributed by atoms with van der Waals surface area (Å²) in [6.45, 7) is 1.90. The third kappa shape index (κ3) is 4.45. The van der Waals surface area contributed by atoms with Gasteiger partial charge in [0.1, 0.15) is 0 Å². The summed E-state index contributed by atoms with van der Waals surface area (Å²) in [7, 11) is 4.49. The number of hydrogen-bond donors (Lipinski definition) is 1. The van der Waals surface area contributed by atoms with Gasteiger partial charge in [0.25, 0.3) is 11.8 Å². The molecule has 29 heavy (non-hydrogen) atoms. The van der Waals surface area contributed by atoms with Crippen LogP contribution >= 0.6 is 0 Å². The quantitative estimate of drug-likeness (QED) is 0.776. The Morgan fingerprint density at radius 1 is 0.966 bits per heavy atom. The van der Waals surface area contributed by atoms with Gasteiger partial charge in [-0.05, 0) is 42.7 Å². The zero-order valence-corrected chi connectivity index (χ0v) is 17.0. The predicted octanol–water partition coefficient (Wildman–Crippen LogP) is 2.88. The first kappa shape index (κ1) is 20.5. The highest BCUT2D eigenvalue weighted by Gasteiger charge is 2.21. The number of nitrogens with zero attached hydrogens (tertiary/aromatic N) is 1. The van der Waals surface area contributed by atoms with Crippen molar-refractivity contribution in [3.8, 4) is 17.2 Å². The molecule has 3 rings (SSSR count). The van der Waals surface area contributed by atoms with Crippen LogP contribution in [-0.2, 0) is 6.54 Å². The van der Waals surface area contributed by atoms with Crippen LogP contribution in [0.15, 0.2) is 36.4 Å². The molecule has 0 bridgehead atoms. The predicted molar refractivity (Wildman–Crippen MR) is 109 cm³/mol. The van der Waals surface area contributed by atoms with E-state index in [1.54, 1.807) is 12.1 Å². The van der Waals surface area contributed by atoms with E-state index < -0.39 is 0 Å². The second-order valence-electron chi connectivity index (χ2n) is 6.76. The molecule has 2 aromatic rings. The number of ether oxygens (including phenoxy) is 3. The second kappa shape index (κ2) is 9.32. The maximum atomic E-state index is 12.7. The van der Waals surface area contributed by atoms with E-state index in [-0.39, 0.29) is 18.4 Å². The van der Waals surface area contributed by atoms with Crippen LogP contribution in [0, 0.1) is 0 Å². The van der Waals surface area contributed by atoms with E-state index in [2.05, 4.69) is 5.32 Å². The summed E-state index contributed by atoms with van der Waals surface area (Å²) in [5, 5.41) is 2.87. The molecule has 0 aromatic heterocycles. The number of nitrogens with one attached hydrogen (secondary N) is 1. The molecule has 2 aromatic carbocycles. The first-order valence-corrected chi connectivity index (χ1v) is 9.54. The zero-order chi connectivity index (χ0) is 20.8. The van der Waals surface area contributed by atoms with Crippen molar-refractivity contribution in [2.45, 2.75) is 19.4 Å². The van der Waals surface area contributed by atoms with E-state index in [0.717, 1.165) is 31.5 Å². The van der Waals surface area contributed by atoms with E-state index in [1.165, 1.54) is 21.3 Å². The topological polar surface area (TPSA) is 77.1 Å². The Balaban J connectivity index is 1.73. The van der Waals surface area contributed by atoms with Crippen LogP contribution in [-0.4, -0.2) is 51.1 Å². The summed E-state index contributed by atoms with van der Waals surface area (Å²) in [5.41, 5.74) is 1.83. The number of amides is 2. The van der Waals surface area contributed by atoms with Crippen LogP contribution in [0.5, 0.6) is 17.2 Å². The number of carbonyl (C=O) groups is 2. The smallest absolute Gasteiger partial charge is 0.255 e. The van der Waals surface area contributed by atoms with Gasteiger partial charge in [0.15, 0.2) is 11.5 Å². The minimum absolute atomic E-state index is 0.0391. The summed E-state index contributed by atoms with van der Waals surface area (Å²) in [5.74, 6) is 0.883. The van der Waals surface area contributed by atoms with Crippen LogP contribution in [0.3, 0.4) is 0 Å². The molecule has 0 unspecified atom stereocenters. The first-order chi connectivity index (χ1) is 14.1. The Morgan fingerprint density at radius 2 is 1.69 bits per heavy atom. The van der Waals surface area contributed by atoms with Gasteiger partial charge in [-0.15, -0.1) is 0 Å². The van der Waals surface area contributed by atoms with Crippen LogP contribution in [0.25, 0.3) is 0 Å². The van der Waals surface area contributed by atoms with E-state index in [0.29, 0.717) is 28.4 Å². The molecule has 0 radical (unpaired) electrons. The highest BCUT2D eigenvalue weighted by molar-refractivity contribution is 5.98. The van der Waals surface area contributed by atoms with Crippen LogP contribution in [0.1, 0.15) is 39.1 Å². The highest BCUT2D eigenvalue weighted by atomic mass is 16.5. The molecular formula is C22H26N2O5. The monoisotopic (exact) mass is 398 g/mol. The first-order valence-electron chi connectivity index (χ1n) is 9.54. The normalized spacial score (nSPS) is 13.1. The molecule has 1 aliphatic heterocycles. The number of hydrogen-bond acceptors (Lipinski definition) is 5. The minimum atomic E-state index is -0.306. The van der Waals surface area contributed by atoms with Gasteiger partial charge < -0.3 is 24.4 Å². The maximum absolute atomic E-state index is 12.7. The molecule has 7 nitrogen and oxygen atoms in total. The molecular weight excluding hydrogens is 372 g/mol. The van der Waals surface area contributed by atoms with Crippen molar-refractivity contribution in [2.24, 2.45) is 0 Å². The molecule has 154 valence electrons. The van der Waals surface area contributed by atoms with Gasteiger partial charge in [-0.1, -0.05) is 12.1 Å². The Kier molecular flexibility index (Phi) is 6.59. The third-order valence-corrected chi connectivity index (χ3v) is 4.97. The van der Waals surface area contributed by atoms with Gasteiger partial charge in [-0.2, -0.15) is 0 Å². The molecule has 1 N–H and O–H groups in total. The van der Waals surface area contributed by atoms with E-state index in [1.807, 2.05) is 29.2 Å². The Labute approximate surface area is 170 Å². The highest BCUT2D eigenvalue weighted by Crippen LogP contribution is 2.39. The summed E-state index contributed by atoms with van der Waals surface area (Å²) >= 11 is 0. The van der Waals surface area contributed by atoms with Crippen molar-refractivity contribution in [1.82, 2.24) is 10.2 Å². The van der Waals surface area contributed by atoms with Crippen LogP contribution < -0.4 is 19.5 Å². The van der Waals surface area contributed by atoms with Gasteiger partial charge in [-0.3, -0.25) is 9.59 Å². The summed E-state index contributed by atoms with van der Waals surface area (Å²) < 4.78 is 16.0. The fourth-order valence-corrected chi connectivity index (χ4v) is 3.47. The minimum Gasteiger partial charge on any atom is -0.493 e. The summed E-state index contributed by atoms with van der Waals surface area (Å²) in [4.78, 5) is 27.2. The number of carbonyl (C=O) groups excluding carboxylic acids is 2. The van der Waals surface area contributed by atoms with Gasteiger partial charge in [0.2, 0.25) is 5.75 Å². The van der Waals surface area contributed by atoms with Crippen molar-refractivity contribution in [2.75, 3.05) is 34.4 Å². The Morgan fingerprint density at radius 3 is 2.34 bits per heavy atom. The summed E-state index contributed by atoms with van der Waals surface area (Å²) in [6.07, 6.45) is 2.10. The van der Waals surface area contributed by atoms with Crippen molar-refractivity contribution >= 4 is 11.8 Å². The Hall–Kier alpha value is -3.22. The molecule has 7 heteroatoms. The summed E-state index contributed by atoms with van der Waals surface area (Å²) in [6, 6.07) is 10.6. The third-order valence-electron chi connectivity index (χ3n) is 4.97. The SMILES string of the molecule is COc1ccc(C(=O)NCc2cccc(C(=O)N3CCCC3)c2)c(OC)c1OC. The van der Waals surface area contributed by atoms with Crippen LogP contribution in [0.2, 0.25) is 0 Å². The van der Waals surface area contributed by atoms with Gasteiger partial charge in [0.05, 0.1) is 26.9 Å². The maximum Gasteiger partial charge on any atom is 0.255 e. The van der Waals surface area contributed by atoms with Crippen molar-refractivity contribution in [1.29, 1.82) is 0 Å².